The lowest BCUT2D eigenvalue weighted by Crippen LogP contribution is -2.04. The van der Waals surface area contributed by atoms with Gasteiger partial charge in [-0.3, -0.25) is 4.68 Å². The Morgan fingerprint density at radius 1 is 1.29 bits per heavy atom. The van der Waals surface area contributed by atoms with Crippen molar-refractivity contribution in [3.8, 4) is 10.6 Å². The van der Waals surface area contributed by atoms with E-state index in [1.54, 1.807) is 24.3 Å². The van der Waals surface area contributed by atoms with E-state index in [0.717, 1.165) is 4.88 Å². The van der Waals surface area contributed by atoms with Crippen molar-refractivity contribution < 1.29 is 24.0 Å². The maximum atomic E-state index is 11.7. The van der Waals surface area contributed by atoms with Crippen LogP contribution in [-0.4, -0.2) is 39.1 Å². The topological polar surface area (TPSA) is 107 Å². The van der Waals surface area contributed by atoms with Crippen LogP contribution in [0.4, 0.5) is 0 Å². The summed E-state index contributed by atoms with van der Waals surface area (Å²) in [5.41, 5.74) is 1.21. The molecule has 28 heavy (non-hydrogen) atoms. The molecule has 1 N–H and O–H groups in total. The molecule has 3 heterocycles. The van der Waals surface area contributed by atoms with E-state index in [0.29, 0.717) is 26.7 Å². The summed E-state index contributed by atoms with van der Waals surface area (Å²) in [6, 6.07) is 9.98. The molecule has 142 valence electrons. The summed E-state index contributed by atoms with van der Waals surface area (Å²) in [6.45, 7) is 0.198. The normalized spacial score (nSPS) is 11.1. The summed E-state index contributed by atoms with van der Waals surface area (Å²) in [4.78, 5) is 24.2. The Balaban J connectivity index is 1.72. The number of hydrogen-bond acceptors (Lipinski definition) is 7. The number of halogens is 1. The molecule has 10 heteroatoms. The van der Waals surface area contributed by atoms with Gasteiger partial charge in [0.2, 0.25) is 0 Å². The molecule has 4 aromatic rings. The van der Waals surface area contributed by atoms with Gasteiger partial charge in [-0.25, -0.2) is 9.59 Å². The Bertz CT molecular complexity index is 1210. The van der Waals surface area contributed by atoms with Crippen molar-refractivity contribution in [2.75, 3.05) is 7.11 Å². The summed E-state index contributed by atoms with van der Waals surface area (Å²) in [5.74, 6) is -1.18. The molecule has 8 nitrogen and oxygen atoms in total. The largest absolute Gasteiger partial charge is 0.476 e. The first kappa shape index (κ1) is 18.2. The number of hydrogen-bond donors (Lipinski definition) is 1. The van der Waals surface area contributed by atoms with Gasteiger partial charge in [-0.2, -0.15) is 5.10 Å². The van der Waals surface area contributed by atoms with Crippen LogP contribution in [0.2, 0.25) is 4.34 Å². The van der Waals surface area contributed by atoms with Crippen molar-refractivity contribution in [3.05, 3.63) is 57.7 Å². The van der Waals surface area contributed by atoms with Crippen molar-refractivity contribution in [1.29, 1.82) is 0 Å². The number of carboxylic acids is 1. The summed E-state index contributed by atoms with van der Waals surface area (Å²) < 4.78 is 12.2. The van der Waals surface area contributed by atoms with Crippen molar-refractivity contribution >= 4 is 45.8 Å². The number of nitrogens with zero attached hydrogens (tertiary/aromatic N) is 3. The van der Waals surface area contributed by atoms with Crippen LogP contribution >= 0.6 is 22.9 Å². The van der Waals surface area contributed by atoms with Gasteiger partial charge in [-0.05, 0) is 30.3 Å². The molecule has 0 atom stereocenters. The second-order valence-corrected chi connectivity index (χ2v) is 7.54. The molecule has 0 fully saturated rings. The van der Waals surface area contributed by atoms with Crippen LogP contribution in [0, 0.1) is 0 Å². The number of ether oxygens (including phenoxy) is 1. The Morgan fingerprint density at radius 3 is 2.79 bits per heavy atom. The maximum absolute atomic E-state index is 11.7. The predicted octanol–water partition coefficient (Wildman–Crippen LogP) is 3.94. The molecule has 0 aliphatic carbocycles. The Labute approximate surface area is 166 Å². The number of benzene rings is 1. The number of carboxylic acid groups (broad SMARTS) is 1. The SMILES string of the molecule is COC(=O)c1ccc2c(c1)c(C(=O)O)nn2Cc1cc(-c2ccc(Cl)s2)on1. The van der Waals surface area contributed by atoms with Crippen molar-refractivity contribution in [2.24, 2.45) is 0 Å². The first-order valence-electron chi connectivity index (χ1n) is 7.99. The molecule has 1 aromatic carbocycles. The Hall–Kier alpha value is -3.17. The maximum Gasteiger partial charge on any atom is 0.357 e. The van der Waals surface area contributed by atoms with E-state index in [1.165, 1.54) is 29.2 Å². The number of carbonyl (C=O) groups excluding carboxylic acids is 1. The zero-order valence-electron chi connectivity index (χ0n) is 14.4. The lowest BCUT2D eigenvalue weighted by Gasteiger charge is -2.02. The number of aromatic carboxylic acids is 1. The second kappa shape index (κ2) is 7.10. The summed E-state index contributed by atoms with van der Waals surface area (Å²) in [7, 11) is 1.26. The molecular weight excluding hydrogens is 406 g/mol. The van der Waals surface area contributed by atoms with Gasteiger partial charge < -0.3 is 14.4 Å². The van der Waals surface area contributed by atoms with Gasteiger partial charge in [0.15, 0.2) is 11.5 Å². The number of carbonyl (C=O) groups is 2. The molecule has 3 aromatic heterocycles. The highest BCUT2D eigenvalue weighted by molar-refractivity contribution is 7.19. The number of rotatable bonds is 5. The highest BCUT2D eigenvalue weighted by Gasteiger charge is 2.20. The molecule has 0 amide bonds. The van der Waals surface area contributed by atoms with Crippen LogP contribution in [-0.2, 0) is 11.3 Å². The molecule has 0 radical (unpaired) electrons. The number of aromatic nitrogens is 3. The number of esters is 1. The minimum Gasteiger partial charge on any atom is -0.476 e. The van der Waals surface area contributed by atoms with Crippen molar-refractivity contribution in [3.63, 3.8) is 0 Å². The van der Waals surface area contributed by atoms with Gasteiger partial charge in [0.1, 0.15) is 5.69 Å². The molecule has 0 saturated heterocycles. The number of fused-ring (bicyclic) bond motifs is 1. The standard InChI is InChI=1S/C18H12ClN3O5S/c1-26-18(25)9-2-3-12-11(6-9)16(17(23)24)20-22(12)8-10-7-13(27-21-10)14-4-5-15(19)28-14/h2-7H,8H2,1H3,(H,23,24). The van der Waals surface area contributed by atoms with E-state index in [9.17, 15) is 14.7 Å². The Kier molecular flexibility index (Phi) is 4.62. The van der Waals surface area contributed by atoms with Gasteiger partial charge in [0, 0.05) is 11.5 Å². The van der Waals surface area contributed by atoms with E-state index in [2.05, 4.69) is 10.3 Å². The summed E-state index contributed by atoms with van der Waals surface area (Å²) in [6.07, 6.45) is 0. The lowest BCUT2D eigenvalue weighted by molar-refractivity contribution is 0.0599. The fourth-order valence-corrected chi connectivity index (χ4v) is 3.80. The minimum absolute atomic E-state index is 0.158. The monoisotopic (exact) mass is 417 g/mol. The molecule has 0 unspecified atom stereocenters. The summed E-state index contributed by atoms with van der Waals surface area (Å²) >= 11 is 7.31. The fourth-order valence-electron chi connectivity index (χ4n) is 2.81. The van der Waals surface area contributed by atoms with Gasteiger partial charge in [0.05, 0.1) is 33.9 Å². The van der Waals surface area contributed by atoms with Crippen LogP contribution in [0.25, 0.3) is 21.5 Å². The number of methoxy groups -OCH3 is 1. The van der Waals surface area contributed by atoms with E-state index >= 15 is 0 Å². The van der Waals surface area contributed by atoms with Gasteiger partial charge in [-0.15, -0.1) is 11.3 Å². The van der Waals surface area contributed by atoms with Crippen molar-refractivity contribution in [2.45, 2.75) is 6.54 Å². The van der Waals surface area contributed by atoms with Crippen LogP contribution in [0.5, 0.6) is 0 Å². The van der Waals surface area contributed by atoms with Gasteiger partial charge in [0.25, 0.3) is 0 Å². The second-order valence-electron chi connectivity index (χ2n) is 5.82. The molecule has 0 aliphatic heterocycles. The fraction of sp³-hybridized carbons (Fsp3) is 0.111. The van der Waals surface area contributed by atoms with Gasteiger partial charge >= 0.3 is 11.9 Å². The minimum atomic E-state index is -1.19. The van der Waals surface area contributed by atoms with E-state index in [1.807, 2.05) is 6.07 Å². The molecular formula is C18H12ClN3O5S. The van der Waals surface area contributed by atoms with Crippen LogP contribution in [0.3, 0.4) is 0 Å². The highest BCUT2D eigenvalue weighted by atomic mass is 35.5. The van der Waals surface area contributed by atoms with E-state index < -0.39 is 11.9 Å². The van der Waals surface area contributed by atoms with Crippen LogP contribution < -0.4 is 0 Å². The van der Waals surface area contributed by atoms with Crippen LogP contribution in [0.1, 0.15) is 26.5 Å². The molecule has 0 spiro atoms. The molecule has 0 saturated carbocycles. The Morgan fingerprint density at radius 2 is 2.11 bits per heavy atom. The van der Waals surface area contributed by atoms with Crippen molar-refractivity contribution in [1.82, 2.24) is 14.9 Å². The third kappa shape index (κ3) is 3.25. The quantitative estimate of drug-likeness (QED) is 0.490. The van der Waals surface area contributed by atoms with Crippen LogP contribution in [0.15, 0.2) is 40.9 Å². The van der Waals surface area contributed by atoms with Gasteiger partial charge in [-0.1, -0.05) is 16.8 Å². The molecule has 0 aliphatic rings. The first-order valence-corrected chi connectivity index (χ1v) is 9.19. The third-order valence-corrected chi connectivity index (χ3v) is 5.31. The number of thiophene rings is 1. The van der Waals surface area contributed by atoms with E-state index in [4.69, 9.17) is 20.9 Å². The third-order valence-electron chi connectivity index (χ3n) is 4.06. The zero-order chi connectivity index (χ0) is 19.8. The highest BCUT2D eigenvalue weighted by Crippen LogP contribution is 2.31. The smallest absolute Gasteiger partial charge is 0.357 e. The molecule has 0 bridgehead atoms. The lowest BCUT2D eigenvalue weighted by atomic mass is 10.1. The summed E-state index contributed by atoms with van der Waals surface area (Å²) in [5, 5.41) is 18.0. The first-order chi connectivity index (χ1) is 13.5. The average Bonchev–Trinajstić information content (AvgIpc) is 3.40. The average molecular weight is 418 g/mol. The zero-order valence-corrected chi connectivity index (χ0v) is 16.0. The molecule has 4 rings (SSSR count). The van der Waals surface area contributed by atoms with E-state index in [-0.39, 0.29) is 17.8 Å². The predicted molar refractivity (Wildman–Crippen MR) is 102 cm³/mol.